The zero-order valence-electron chi connectivity index (χ0n) is 8.90. The van der Waals surface area contributed by atoms with Crippen molar-refractivity contribution in [3.8, 4) is 17.6 Å². The zero-order valence-corrected chi connectivity index (χ0v) is 9.72. The molecule has 6 heteroatoms. The summed E-state index contributed by atoms with van der Waals surface area (Å²) in [7, 11) is 3.01. The number of nitrogens with two attached hydrogens (primary N) is 1. The van der Waals surface area contributed by atoms with Crippen LogP contribution in [0.5, 0.6) is 11.5 Å². The van der Waals surface area contributed by atoms with Crippen molar-refractivity contribution in [3.05, 3.63) is 17.7 Å². The molecule has 16 heavy (non-hydrogen) atoms. The van der Waals surface area contributed by atoms with Gasteiger partial charge in [0.1, 0.15) is 6.07 Å². The number of thiocarbonyl (C=S) groups is 1. The highest BCUT2D eigenvalue weighted by Crippen LogP contribution is 2.32. The summed E-state index contributed by atoms with van der Waals surface area (Å²) in [5, 5.41) is 11.7. The van der Waals surface area contributed by atoms with Gasteiger partial charge in [-0.25, -0.2) is 0 Å². The van der Waals surface area contributed by atoms with E-state index in [1.165, 1.54) is 14.2 Å². The summed E-state index contributed by atoms with van der Waals surface area (Å²) in [6.07, 6.45) is 0. The van der Waals surface area contributed by atoms with Gasteiger partial charge in [0.15, 0.2) is 16.6 Å². The fourth-order valence-corrected chi connectivity index (χ4v) is 1.32. The molecule has 0 fully saturated rings. The number of nitrogens with one attached hydrogen (secondary N) is 1. The first-order valence-corrected chi connectivity index (χ1v) is 4.75. The van der Waals surface area contributed by atoms with Crippen molar-refractivity contribution >= 4 is 23.0 Å². The Balaban J connectivity index is 3.27. The molecule has 0 saturated carbocycles. The van der Waals surface area contributed by atoms with Crippen molar-refractivity contribution in [2.45, 2.75) is 0 Å². The summed E-state index contributed by atoms with van der Waals surface area (Å²) in [6.45, 7) is 0. The van der Waals surface area contributed by atoms with E-state index < -0.39 is 0 Å². The first-order chi connectivity index (χ1) is 7.62. The zero-order chi connectivity index (χ0) is 12.1. The van der Waals surface area contributed by atoms with Crippen LogP contribution in [0.4, 0.5) is 5.69 Å². The lowest BCUT2D eigenvalue weighted by molar-refractivity contribution is 0.355. The molecule has 0 aliphatic carbocycles. The predicted octanol–water partition coefficient (Wildman–Crippen LogP) is 1.23. The van der Waals surface area contributed by atoms with E-state index >= 15 is 0 Å². The smallest absolute Gasteiger partial charge is 0.168 e. The number of anilines is 1. The van der Waals surface area contributed by atoms with Gasteiger partial charge in [-0.3, -0.25) is 0 Å². The number of nitrogens with zero attached hydrogens (tertiary/aromatic N) is 1. The molecule has 0 amide bonds. The molecular weight excluding hydrogens is 226 g/mol. The molecule has 1 aromatic rings. The molecule has 0 aliphatic heterocycles. The molecule has 84 valence electrons. The number of ether oxygens (including phenoxy) is 2. The van der Waals surface area contributed by atoms with Crippen molar-refractivity contribution in [1.29, 1.82) is 5.26 Å². The van der Waals surface area contributed by atoms with Crippen molar-refractivity contribution in [2.24, 2.45) is 5.73 Å². The minimum Gasteiger partial charge on any atom is -0.493 e. The van der Waals surface area contributed by atoms with Gasteiger partial charge in [-0.15, -0.1) is 0 Å². The number of hydrogen-bond acceptors (Lipinski definition) is 4. The van der Waals surface area contributed by atoms with Crippen LogP contribution < -0.4 is 20.5 Å². The fraction of sp³-hybridized carbons (Fsp3) is 0.200. The van der Waals surface area contributed by atoms with Crippen LogP contribution in [0, 0.1) is 11.3 Å². The van der Waals surface area contributed by atoms with E-state index in [4.69, 9.17) is 32.7 Å². The first kappa shape index (κ1) is 12.1. The number of nitriles is 1. The van der Waals surface area contributed by atoms with Crippen LogP contribution in [-0.2, 0) is 0 Å². The molecule has 1 rings (SSSR count). The quantitative estimate of drug-likeness (QED) is 0.770. The van der Waals surface area contributed by atoms with Gasteiger partial charge in [0, 0.05) is 12.1 Å². The molecule has 0 aliphatic rings. The largest absolute Gasteiger partial charge is 0.493 e. The second-order valence-corrected chi connectivity index (χ2v) is 3.29. The maximum atomic E-state index is 8.94. The van der Waals surface area contributed by atoms with E-state index in [-0.39, 0.29) is 5.11 Å². The first-order valence-electron chi connectivity index (χ1n) is 4.35. The Kier molecular flexibility index (Phi) is 3.91. The van der Waals surface area contributed by atoms with Crippen molar-refractivity contribution in [3.63, 3.8) is 0 Å². The van der Waals surface area contributed by atoms with Crippen LogP contribution in [0.1, 0.15) is 5.56 Å². The van der Waals surface area contributed by atoms with Crippen molar-refractivity contribution in [1.82, 2.24) is 0 Å². The average Bonchev–Trinajstić information content (AvgIpc) is 2.27. The molecule has 1 aromatic carbocycles. The molecule has 3 N–H and O–H groups in total. The van der Waals surface area contributed by atoms with Gasteiger partial charge in [0.05, 0.1) is 25.5 Å². The number of hydrogen-bond donors (Lipinski definition) is 2. The van der Waals surface area contributed by atoms with Crippen LogP contribution in [0.2, 0.25) is 0 Å². The highest BCUT2D eigenvalue weighted by molar-refractivity contribution is 7.80. The molecule has 0 heterocycles. The SMILES string of the molecule is COc1cc(C#N)c(NC(N)=S)cc1OC. The molecule has 0 radical (unpaired) electrons. The van der Waals surface area contributed by atoms with Gasteiger partial charge < -0.3 is 20.5 Å². The Labute approximate surface area is 98.8 Å². The van der Waals surface area contributed by atoms with E-state index in [2.05, 4.69) is 5.32 Å². The van der Waals surface area contributed by atoms with Gasteiger partial charge in [-0.2, -0.15) is 5.26 Å². The Bertz CT molecular complexity index is 454. The number of methoxy groups -OCH3 is 2. The van der Waals surface area contributed by atoms with Crippen LogP contribution in [0.15, 0.2) is 12.1 Å². The Hall–Kier alpha value is -2.00. The standard InChI is InChI=1S/C10H11N3O2S/c1-14-8-3-6(5-11)7(13-10(12)16)4-9(8)15-2/h3-4H,1-2H3,(H3,12,13,16). The normalized spacial score (nSPS) is 9.06. The molecule has 5 nitrogen and oxygen atoms in total. The maximum absolute atomic E-state index is 8.94. The van der Waals surface area contributed by atoms with Crippen LogP contribution >= 0.6 is 12.2 Å². The van der Waals surface area contributed by atoms with Gasteiger partial charge in [0.25, 0.3) is 0 Å². The molecule has 0 spiro atoms. The summed E-state index contributed by atoms with van der Waals surface area (Å²) in [5.41, 5.74) is 6.22. The third kappa shape index (κ3) is 2.52. The van der Waals surface area contributed by atoms with Crippen LogP contribution in [0.3, 0.4) is 0 Å². The summed E-state index contributed by atoms with van der Waals surface area (Å²) < 4.78 is 10.2. The minimum atomic E-state index is 0.0868. The second kappa shape index (κ2) is 5.19. The maximum Gasteiger partial charge on any atom is 0.168 e. The van der Waals surface area contributed by atoms with Gasteiger partial charge >= 0.3 is 0 Å². The van der Waals surface area contributed by atoms with Gasteiger partial charge in [-0.1, -0.05) is 0 Å². The lowest BCUT2D eigenvalue weighted by Gasteiger charge is -2.12. The van der Waals surface area contributed by atoms with E-state index in [1.54, 1.807) is 12.1 Å². The average molecular weight is 237 g/mol. The molecule has 0 unspecified atom stereocenters. The summed E-state index contributed by atoms with van der Waals surface area (Å²) in [4.78, 5) is 0. The highest BCUT2D eigenvalue weighted by Gasteiger charge is 2.11. The van der Waals surface area contributed by atoms with Crippen molar-refractivity contribution < 1.29 is 9.47 Å². The Morgan fingerprint density at radius 1 is 1.38 bits per heavy atom. The van der Waals surface area contributed by atoms with Crippen molar-refractivity contribution in [2.75, 3.05) is 19.5 Å². The summed E-state index contributed by atoms with van der Waals surface area (Å²) in [6, 6.07) is 5.18. The molecular formula is C10H11N3O2S. The molecule has 0 atom stereocenters. The highest BCUT2D eigenvalue weighted by atomic mass is 32.1. The van der Waals surface area contributed by atoms with Crippen LogP contribution in [-0.4, -0.2) is 19.3 Å². The van der Waals surface area contributed by atoms with Crippen LogP contribution in [0.25, 0.3) is 0 Å². The predicted molar refractivity (Wildman–Crippen MR) is 64.7 cm³/mol. The molecule has 0 aromatic heterocycles. The summed E-state index contributed by atoms with van der Waals surface area (Å²) >= 11 is 4.71. The Morgan fingerprint density at radius 3 is 2.38 bits per heavy atom. The van der Waals surface area contributed by atoms with E-state index in [0.29, 0.717) is 22.7 Å². The third-order valence-electron chi connectivity index (χ3n) is 1.90. The fourth-order valence-electron chi connectivity index (χ4n) is 1.21. The molecule has 0 bridgehead atoms. The topological polar surface area (TPSA) is 80.3 Å². The van der Waals surface area contributed by atoms with E-state index in [0.717, 1.165) is 0 Å². The van der Waals surface area contributed by atoms with Gasteiger partial charge in [0.2, 0.25) is 0 Å². The van der Waals surface area contributed by atoms with Gasteiger partial charge in [-0.05, 0) is 12.2 Å². The second-order valence-electron chi connectivity index (χ2n) is 2.85. The summed E-state index contributed by atoms with van der Waals surface area (Å²) in [5.74, 6) is 0.979. The lowest BCUT2D eigenvalue weighted by atomic mass is 10.1. The number of rotatable bonds is 3. The Morgan fingerprint density at radius 2 is 1.94 bits per heavy atom. The minimum absolute atomic E-state index is 0.0868. The lowest BCUT2D eigenvalue weighted by Crippen LogP contribution is -2.19. The molecule has 0 saturated heterocycles. The van der Waals surface area contributed by atoms with E-state index in [1.807, 2.05) is 6.07 Å². The monoisotopic (exact) mass is 237 g/mol. The van der Waals surface area contributed by atoms with E-state index in [9.17, 15) is 0 Å². The third-order valence-corrected chi connectivity index (χ3v) is 2.00. The number of benzene rings is 1.